The Balaban J connectivity index is 2.22. The van der Waals surface area contributed by atoms with Gasteiger partial charge in [0.2, 0.25) is 5.91 Å². The lowest BCUT2D eigenvalue weighted by atomic mass is 10.0. The summed E-state index contributed by atoms with van der Waals surface area (Å²) >= 11 is 0. The second kappa shape index (κ2) is 7.09. The van der Waals surface area contributed by atoms with E-state index in [0.717, 1.165) is 22.3 Å². The van der Waals surface area contributed by atoms with Gasteiger partial charge < -0.3 is 10.6 Å². The third kappa shape index (κ3) is 3.97. The van der Waals surface area contributed by atoms with E-state index in [0.29, 0.717) is 11.3 Å². The summed E-state index contributed by atoms with van der Waals surface area (Å²) in [6, 6.07) is 11.5. The zero-order valence-electron chi connectivity index (χ0n) is 14.0. The minimum atomic E-state index is -0.204. The molecule has 0 atom stereocenters. The van der Waals surface area contributed by atoms with Crippen LogP contribution in [0.1, 0.15) is 32.6 Å². The maximum atomic E-state index is 12.4. The molecular formula is C19H22N2O2. The number of aryl methyl sites for hydroxylation is 3. The summed E-state index contributed by atoms with van der Waals surface area (Å²) in [5.74, 6) is -0.334. The number of nitrogens with one attached hydrogen (secondary N) is 2. The van der Waals surface area contributed by atoms with E-state index in [9.17, 15) is 9.59 Å². The van der Waals surface area contributed by atoms with Crippen molar-refractivity contribution in [3.8, 4) is 0 Å². The number of hydrogen-bond donors (Lipinski definition) is 2. The molecule has 4 heteroatoms. The first-order valence-corrected chi connectivity index (χ1v) is 7.60. The molecule has 0 aromatic heterocycles. The highest BCUT2D eigenvalue weighted by Crippen LogP contribution is 2.20. The number of benzene rings is 2. The second-order valence-corrected chi connectivity index (χ2v) is 5.73. The van der Waals surface area contributed by atoms with E-state index in [1.807, 2.05) is 51.1 Å². The molecule has 0 aliphatic rings. The molecule has 0 saturated heterocycles. The van der Waals surface area contributed by atoms with Crippen LogP contribution in [0.4, 0.5) is 5.69 Å². The smallest absolute Gasteiger partial charge is 0.253 e. The maximum Gasteiger partial charge on any atom is 0.253 e. The minimum absolute atomic E-state index is 0.130. The lowest BCUT2D eigenvalue weighted by molar-refractivity contribution is -0.115. The van der Waals surface area contributed by atoms with E-state index in [1.165, 1.54) is 0 Å². The number of carbonyl (C=O) groups excluding carboxylic acids is 2. The van der Waals surface area contributed by atoms with Gasteiger partial charge in [-0.3, -0.25) is 9.59 Å². The van der Waals surface area contributed by atoms with Gasteiger partial charge in [0.1, 0.15) is 0 Å². The van der Waals surface area contributed by atoms with Gasteiger partial charge in [0.05, 0.1) is 17.7 Å². The third-order valence-corrected chi connectivity index (χ3v) is 3.86. The molecule has 2 rings (SSSR count). The molecule has 0 radical (unpaired) electrons. The van der Waals surface area contributed by atoms with E-state index in [2.05, 4.69) is 10.6 Å². The summed E-state index contributed by atoms with van der Waals surface area (Å²) in [7, 11) is 1.58. The normalized spacial score (nSPS) is 10.3. The van der Waals surface area contributed by atoms with Crippen molar-refractivity contribution in [3.63, 3.8) is 0 Å². The van der Waals surface area contributed by atoms with E-state index in [4.69, 9.17) is 0 Å². The summed E-state index contributed by atoms with van der Waals surface area (Å²) in [6.07, 6.45) is 0.286. The van der Waals surface area contributed by atoms with Crippen LogP contribution >= 0.6 is 0 Å². The molecule has 0 heterocycles. The second-order valence-electron chi connectivity index (χ2n) is 5.73. The first-order valence-electron chi connectivity index (χ1n) is 7.60. The molecule has 0 aliphatic heterocycles. The molecule has 23 heavy (non-hydrogen) atoms. The summed E-state index contributed by atoms with van der Waals surface area (Å²) < 4.78 is 0. The molecule has 0 bridgehead atoms. The fourth-order valence-corrected chi connectivity index (χ4v) is 2.56. The van der Waals surface area contributed by atoms with Gasteiger partial charge in [-0.25, -0.2) is 0 Å². The van der Waals surface area contributed by atoms with Gasteiger partial charge in [0, 0.05) is 7.05 Å². The summed E-state index contributed by atoms with van der Waals surface area (Å²) in [5, 5.41) is 5.47. The standard InChI is InChI=1S/C19H22N2O2/c1-12-8-9-13(2)15(10-12)11-17(22)21-16-7-5-6-14(3)18(16)19(23)20-4/h5-10H,11H2,1-4H3,(H,20,23)(H,21,22). The van der Waals surface area contributed by atoms with Crippen LogP contribution in [0.15, 0.2) is 36.4 Å². The van der Waals surface area contributed by atoms with Gasteiger partial charge in [0.15, 0.2) is 0 Å². The van der Waals surface area contributed by atoms with Crippen LogP contribution in [-0.2, 0) is 11.2 Å². The topological polar surface area (TPSA) is 58.2 Å². The van der Waals surface area contributed by atoms with Crippen molar-refractivity contribution in [2.45, 2.75) is 27.2 Å². The van der Waals surface area contributed by atoms with Crippen LogP contribution in [0, 0.1) is 20.8 Å². The van der Waals surface area contributed by atoms with Gasteiger partial charge in [0.25, 0.3) is 5.91 Å². The van der Waals surface area contributed by atoms with Crippen molar-refractivity contribution >= 4 is 17.5 Å². The molecular weight excluding hydrogens is 288 g/mol. The van der Waals surface area contributed by atoms with Crippen LogP contribution in [0.3, 0.4) is 0 Å². The Labute approximate surface area is 136 Å². The Morgan fingerprint density at radius 1 is 1.00 bits per heavy atom. The predicted octanol–water partition coefficient (Wildman–Crippen LogP) is 3.15. The Morgan fingerprint density at radius 2 is 1.74 bits per heavy atom. The quantitative estimate of drug-likeness (QED) is 0.911. The summed E-state index contributed by atoms with van der Waals surface area (Å²) in [6.45, 7) is 5.85. The Hall–Kier alpha value is -2.62. The van der Waals surface area contributed by atoms with Gasteiger partial charge in [-0.1, -0.05) is 35.9 Å². The average Bonchev–Trinajstić information content (AvgIpc) is 2.50. The third-order valence-electron chi connectivity index (χ3n) is 3.86. The van der Waals surface area contributed by atoms with Crippen LogP contribution < -0.4 is 10.6 Å². The maximum absolute atomic E-state index is 12.4. The molecule has 0 saturated carbocycles. The molecule has 0 fully saturated rings. The van der Waals surface area contributed by atoms with Crippen LogP contribution in [0.5, 0.6) is 0 Å². The minimum Gasteiger partial charge on any atom is -0.355 e. The van der Waals surface area contributed by atoms with Crippen LogP contribution in [0.25, 0.3) is 0 Å². The Morgan fingerprint density at radius 3 is 2.43 bits per heavy atom. The van der Waals surface area contributed by atoms with E-state index < -0.39 is 0 Å². The zero-order chi connectivity index (χ0) is 17.0. The Kier molecular flexibility index (Phi) is 5.16. The van der Waals surface area contributed by atoms with Crippen molar-refractivity contribution in [2.24, 2.45) is 0 Å². The van der Waals surface area contributed by atoms with E-state index in [1.54, 1.807) is 13.1 Å². The highest BCUT2D eigenvalue weighted by molar-refractivity contribution is 6.05. The monoisotopic (exact) mass is 310 g/mol. The van der Waals surface area contributed by atoms with Crippen molar-refractivity contribution in [1.29, 1.82) is 0 Å². The largest absolute Gasteiger partial charge is 0.355 e. The molecule has 0 aliphatic carbocycles. The molecule has 0 unspecified atom stereocenters. The zero-order valence-corrected chi connectivity index (χ0v) is 14.0. The molecule has 0 spiro atoms. The molecule has 2 aromatic rings. The predicted molar refractivity (Wildman–Crippen MR) is 92.8 cm³/mol. The lowest BCUT2D eigenvalue weighted by Crippen LogP contribution is -2.23. The van der Waals surface area contributed by atoms with Crippen molar-refractivity contribution in [3.05, 3.63) is 64.2 Å². The van der Waals surface area contributed by atoms with Crippen molar-refractivity contribution < 1.29 is 9.59 Å². The molecule has 2 N–H and O–H groups in total. The number of carbonyl (C=O) groups is 2. The first-order chi connectivity index (χ1) is 10.9. The average molecular weight is 310 g/mol. The van der Waals surface area contributed by atoms with Gasteiger partial charge >= 0.3 is 0 Å². The van der Waals surface area contributed by atoms with Crippen LogP contribution in [0.2, 0.25) is 0 Å². The van der Waals surface area contributed by atoms with Crippen molar-refractivity contribution in [1.82, 2.24) is 5.32 Å². The number of amides is 2. The fourth-order valence-electron chi connectivity index (χ4n) is 2.56. The van der Waals surface area contributed by atoms with Gasteiger partial charge in [-0.15, -0.1) is 0 Å². The van der Waals surface area contributed by atoms with Crippen LogP contribution in [-0.4, -0.2) is 18.9 Å². The van der Waals surface area contributed by atoms with Crippen molar-refractivity contribution in [2.75, 3.05) is 12.4 Å². The molecule has 4 nitrogen and oxygen atoms in total. The molecule has 2 amide bonds. The first kappa shape index (κ1) is 16.7. The lowest BCUT2D eigenvalue weighted by Gasteiger charge is -2.13. The van der Waals surface area contributed by atoms with E-state index in [-0.39, 0.29) is 18.2 Å². The van der Waals surface area contributed by atoms with E-state index >= 15 is 0 Å². The SMILES string of the molecule is CNC(=O)c1c(C)cccc1NC(=O)Cc1cc(C)ccc1C. The molecule has 120 valence electrons. The number of rotatable bonds is 4. The number of hydrogen-bond acceptors (Lipinski definition) is 2. The summed E-state index contributed by atoms with van der Waals surface area (Å²) in [4.78, 5) is 24.4. The highest BCUT2D eigenvalue weighted by Gasteiger charge is 2.15. The number of anilines is 1. The fraction of sp³-hybridized carbons (Fsp3) is 0.263. The van der Waals surface area contributed by atoms with Gasteiger partial charge in [-0.2, -0.15) is 0 Å². The highest BCUT2D eigenvalue weighted by atomic mass is 16.2. The molecule has 2 aromatic carbocycles. The Bertz CT molecular complexity index is 751. The van der Waals surface area contributed by atoms with Gasteiger partial charge in [-0.05, 0) is 43.5 Å². The summed E-state index contributed by atoms with van der Waals surface area (Å²) in [5.41, 5.74) is 5.08.